The van der Waals surface area contributed by atoms with Gasteiger partial charge in [0.15, 0.2) is 0 Å². The summed E-state index contributed by atoms with van der Waals surface area (Å²) >= 11 is 0. The molecule has 1 rings (SSSR count). The second-order valence-corrected chi connectivity index (χ2v) is 4.29. The smallest absolute Gasteiger partial charge is 0.293 e. The first-order valence-electron chi connectivity index (χ1n) is 5.96. The van der Waals surface area contributed by atoms with E-state index in [0.29, 0.717) is 25.4 Å². The van der Waals surface area contributed by atoms with Gasteiger partial charge < -0.3 is 15.8 Å². The number of primary amides is 1. The molecule has 7 nitrogen and oxygen atoms in total. The minimum absolute atomic E-state index is 0.0979. The molecular formula is C13H17N3O4. The summed E-state index contributed by atoms with van der Waals surface area (Å²) in [5, 5.41) is 13.8. The molecule has 0 atom stereocenters. The fourth-order valence-corrected chi connectivity index (χ4v) is 1.49. The molecule has 3 N–H and O–H groups in total. The van der Waals surface area contributed by atoms with Crippen molar-refractivity contribution in [2.45, 2.75) is 6.92 Å². The molecule has 0 aliphatic carbocycles. The summed E-state index contributed by atoms with van der Waals surface area (Å²) in [6.07, 6.45) is 0. The van der Waals surface area contributed by atoms with Crippen molar-refractivity contribution < 1.29 is 14.5 Å². The van der Waals surface area contributed by atoms with Crippen LogP contribution < -0.4 is 11.1 Å². The Bertz CT molecular complexity index is 528. The molecular weight excluding hydrogens is 262 g/mol. The number of amides is 1. The normalized spacial score (nSPS) is 10.1. The van der Waals surface area contributed by atoms with Crippen LogP contribution in [0.25, 0.3) is 0 Å². The highest BCUT2D eigenvalue weighted by atomic mass is 16.6. The highest BCUT2D eigenvalue weighted by Crippen LogP contribution is 2.25. The molecule has 1 aromatic rings. The van der Waals surface area contributed by atoms with E-state index in [0.717, 1.165) is 11.6 Å². The molecule has 0 spiro atoms. The predicted molar refractivity (Wildman–Crippen MR) is 75.7 cm³/mol. The number of anilines is 1. The number of carbonyl (C=O) groups excluding carboxylic acids is 1. The number of nitrogens with zero attached hydrogens (tertiary/aromatic N) is 1. The Kier molecular flexibility index (Phi) is 5.67. The molecule has 0 fully saturated rings. The lowest BCUT2D eigenvalue weighted by Gasteiger charge is -2.08. The van der Waals surface area contributed by atoms with E-state index >= 15 is 0 Å². The molecule has 0 aliphatic rings. The van der Waals surface area contributed by atoms with Gasteiger partial charge in [0.05, 0.1) is 18.1 Å². The van der Waals surface area contributed by atoms with E-state index in [-0.39, 0.29) is 11.3 Å². The second kappa shape index (κ2) is 7.25. The van der Waals surface area contributed by atoms with E-state index in [1.165, 1.54) is 12.1 Å². The Labute approximate surface area is 116 Å². The third-order valence-electron chi connectivity index (χ3n) is 2.39. The van der Waals surface area contributed by atoms with Gasteiger partial charge in [-0.3, -0.25) is 14.9 Å². The molecule has 7 heteroatoms. The Hall–Kier alpha value is -2.41. The van der Waals surface area contributed by atoms with Crippen molar-refractivity contribution in [1.82, 2.24) is 0 Å². The summed E-state index contributed by atoms with van der Waals surface area (Å²) in [5.74, 6) is -0.704. The fourth-order valence-electron chi connectivity index (χ4n) is 1.49. The van der Waals surface area contributed by atoms with Crippen LogP contribution in [-0.4, -0.2) is 30.6 Å². The van der Waals surface area contributed by atoms with Crippen LogP contribution in [0.3, 0.4) is 0 Å². The molecule has 20 heavy (non-hydrogen) atoms. The van der Waals surface area contributed by atoms with Gasteiger partial charge in [-0.2, -0.15) is 0 Å². The number of hydrogen-bond donors (Lipinski definition) is 2. The average Bonchev–Trinajstić information content (AvgIpc) is 2.37. The van der Waals surface area contributed by atoms with Crippen LogP contribution in [0.1, 0.15) is 17.3 Å². The maximum absolute atomic E-state index is 11.0. The average molecular weight is 279 g/mol. The third kappa shape index (κ3) is 4.69. The van der Waals surface area contributed by atoms with Crippen molar-refractivity contribution in [2.75, 3.05) is 25.1 Å². The van der Waals surface area contributed by atoms with E-state index in [2.05, 4.69) is 11.9 Å². The number of benzene rings is 1. The molecule has 1 aromatic carbocycles. The lowest BCUT2D eigenvalue weighted by Crippen LogP contribution is -2.14. The van der Waals surface area contributed by atoms with Gasteiger partial charge in [-0.05, 0) is 19.1 Å². The maximum atomic E-state index is 11.0. The molecule has 0 saturated heterocycles. The molecule has 108 valence electrons. The largest absolute Gasteiger partial charge is 0.377 e. The molecule has 0 aromatic heterocycles. The minimum Gasteiger partial charge on any atom is -0.377 e. The molecule has 0 unspecified atom stereocenters. The number of ether oxygens (including phenoxy) is 1. The predicted octanol–water partition coefficient (Wildman–Crippen LogP) is 1.70. The van der Waals surface area contributed by atoms with Crippen molar-refractivity contribution in [2.24, 2.45) is 5.73 Å². The number of carbonyl (C=O) groups is 1. The van der Waals surface area contributed by atoms with Gasteiger partial charge in [0.25, 0.3) is 5.69 Å². The SMILES string of the molecule is C=C(C)COCCNc1ccc(C(N)=O)cc1[N+](=O)[O-]. The van der Waals surface area contributed by atoms with E-state index in [1.807, 2.05) is 6.92 Å². The summed E-state index contributed by atoms with van der Waals surface area (Å²) in [7, 11) is 0. The monoisotopic (exact) mass is 279 g/mol. The summed E-state index contributed by atoms with van der Waals surface area (Å²) in [6, 6.07) is 4.04. The van der Waals surface area contributed by atoms with Gasteiger partial charge in [0.2, 0.25) is 5.91 Å². The van der Waals surface area contributed by atoms with Crippen molar-refractivity contribution >= 4 is 17.3 Å². The third-order valence-corrected chi connectivity index (χ3v) is 2.39. The Morgan fingerprint density at radius 2 is 2.25 bits per heavy atom. The Morgan fingerprint density at radius 1 is 1.55 bits per heavy atom. The van der Waals surface area contributed by atoms with Gasteiger partial charge in [-0.1, -0.05) is 12.2 Å². The van der Waals surface area contributed by atoms with Crippen LogP contribution in [0, 0.1) is 10.1 Å². The van der Waals surface area contributed by atoms with Crippen LogP contribution in [0.5, 0.6) is 0 Å². The standard InChI is InChI=1S/C13H17N3O4/c1-9(2)8-20-6-5-15-11-4-3-10(13(14)17)7-12(11)16(18)19/h3-4,7,15H,1,5-6,8H2,2H3,(H2,14,17). The number of nitro groups is 1. The summed E-state index contributed by atoms with van der Waals surface area (Å²) in [4.78, 5) is 21.4. The Balaban J connectivity index is 2.67. The van der Waals surface area contributed by atoms with Crippen LogP contribution in [0.4, 0.5) is 11.4 Å². The first-order chi connectivity index (χ1) is 9.41. The number of hydrogen-bond acceptors (Lipinski definition) is 5. The van der Waals surface area contributed by atoms with E-state index < -0.39 is 10.8 Å². The van der Waals surface area contributed by atoms with Crippen LogP contribution in [-0.2, 0) is 4.74 Å². The number of nitro benzene ring substituents is 1. The lowest BCUT2D eigenvalue weighted by molar-refractivity contribution is -0.384. The highest BCUT2D eigenvalue weighted by molar-refractivity contribution is 5.94. The van der Waals surface area contributed by atoms with Crippen molar-refractivity contribution in [3.8, 4) is 0 Å². The van der Waals surface area contributed by atoms with Crippen LogP contribution in [0.15, 0.2) is 30.4 Å². The molecule has 0 aliphatic heterocycles. The quantitative estimate of drug-likeness (QED) is 0.326. The zero-order valence-electron chi connectivity index (χ0n) is 11.2. The second-order valence-electron chi connectivity index (χ2n) is 4.29. The summed E-state index contributed by atoms with van der Waals surface area (Å²) < 4.78 is 5.27. The van der Waals surface area contributed by atoms with Gasteiger partial charge in [0.1, 0.15) is 5.69 Å². The van der Waals surface area contributed by atoms with E-state index in [1.54, 1.807) is 0 Å². The van der Waals surface area contributed by atoms with Crippen molar-refractivity contribution in [1.29, 1.82) is 0 Å². The number of nitrogens with two attached hydrogens (primary N) is 1. The molecule has 0 bridgehead atoms. The summed E-state index contributed by atoms with van der Waals surface area (Å²) in [5.41, 5.74) is 6.22. The van der Waals surface area contributed by atoms with Crippen molar-refractivity contribution in [3.63, 3.8) is 0 Å². The zero-order valence-corrected chi connectivity index (χ0v) is 11.2. The van der Waals surface area contributed by atoms with Gasteiger partial charge in [0, 0.05) is 18.2 Å². The Morgan fingerprint density at radius 3 is 2.80 bits per heavy atom. The molecule has 0 saturated carbocycles. The maximum Gasteiger partial charge on any atom is 0.293 e. The first kappa shape index (κ1) is 15.6. The first-order valence-corrected chi connectivity index (χ1v) is 5.96. The van der Waals surface area contributed by atoms with E-state index in [4.69, 9.17) is 10.5 Å². The highest BCUT2D eigenvalue weighted by Gasteiger charge is 2.16. The molecule has 0 radical (unpaired) electrons. The van der Waals surface area contributed by atoms with Gasteiger partial charge >= 0.3 is 0 Å². The van der Waals surface area contributed by atoms with Crippen molar-refractivity contribution in [3.05, 3.63) is 46.0 Å². The fraction of sp³-hybridized carbons (Fsp3) is 0.308. The minimum atomic E-state index is -0.704. The van der Waals surface area contributed by atoms with Crippen LogP contribution in [0.2, 0.25) is 0 Å². The van der Waals surface area contributed by atoms with E-state index in [9.17, 15) is 14.9 Å². The topological polar surface area (TPSA) is 107 Å². The molecule has 0 heterocycles. The number of nitrogens with one attached hydrogen (secondary N) is 1. The summed E-state index contributed by atoms with van der Waals surface area (Å²) in [6.45, 7) is 6.79. The number of rotatable bonds is 8. The van der Waals surface area contributed by atoms with Gasteiger partial charge in [-0.15, -0.1) is 0 Å². The molecule has 1 amide bonds. The van der Waals surface area contributed by atoms with Gasteiger partial charge in [-0.25, -0.2) is 0 Å². The lowest BCUT2D eigenvalue weighted by atomic mass is 10.1. The zero-order chi connectivity index (χ0) is 15.1. The van der Waals surface area contributed by atoms with Crippen LogP contribution >= 0.6 is 0 Å².